The maximum atomic E-state index is 11.9. The van der Waals surface area contributed by atoms with Gasteiger partial charge in [-0.05, 0) is 19.1 Å². The number of carbonyl (C=O) groups excluding carboxylic acids is 2. The zero-order chi connectivity index (χ0) is 14.7. The molecule has 1 aliphatic rings. The number of carboxylic acid groups (broad SMARTS) is 1. The minimum absolute atomic E-state index is 0.0792. The van der Waals surface area contributed by atoms with E-state index in [1.165, 1.54) is 6.92 Å². The van der Waals surface area contributed by atoms with Crippen LogP contribution < -0.4 is 10.2 Å². The highest BCUT2D eigenvalue weighted by Gasteiger charge is 2.33. The van der Waals surface area contributed by atoms with Gasteiger partial charge in [0, 0.05) is 18.7 Å². The normalized spacial score (nSPS) is 19.8. The fraction of sp³-hybridized carbons (Fsp3) is 0.357. The van der Waals surface area contributed by atoms with Crippen LogP contribution in [0.2, 0.25) is 0 Å². The summed E-state index contributed by atoms with van der Waals surface area (Å²) < 4.78 is 0. The molecule has 0 spiro atoms. The number of aliphatic carboxylic acids is 1. The number of carboxylic acids is 1. The smallest absolute Gasteiger partial charge is 0.315 e. The summed E-state index contributed by atoms with van der Waals surface area (Å²) in [6, 6.07) is 8.82. The van der Waals surface area contributed by atoms with E-state index >= 15 is 0 Å². The van der Waals surface area contributed by atoms with Gasteiger partial charge in [-0.3, -0.25) is 14.4 Å². The number of anilines is 1. The number of carbonyl (C=O) groups is 3. The van der Waals surface area contributed by atoms with Gasteiger partial charge in [0.25, 0.3) is 0 Å². The van der Waals surface area contributed by atoms with Crippen LogP contribution in [0.5, 0.6) is 0 Å². The minimum atomic E-state index is -1.17. The summed E-state index contributed by atoms with van der Waals surface area (Å²) in [5.74, 6) is -2.93. The van der Waals surface area contributed by atoms with Crippen LogP contribution >= 0.6 is 0 Å². The Balaban J connectivity index is 1.99. The zero-order valence-electron chi connectivity index (χ0n) is 11.1. The van der Waals surface area contributed by atoms with Crippen molar-refractivity contribution in [3.05, 3.63) is 30.3 Å². The Morgan fingerprint density at radius 2 is 2.00 bits per heavy atom. The van der Waals surface area contributed by atoms with Gasteiger partial charge in [-0.1, -0.05) is 18.2 Å². The van der Waals surface area contributed by atoms with Crippen LogP contribution in [-0.4, -0.2) is 35.5 Å². The number of nitrogens with zero attached hydrogens (tertiary/aromatic N) is 1. The molecule has 0 bridgehead atoms. The second kappa shape index (κ2) is 5.73. The third-order valence-electron chi connectivity index (χ3n) is 3.30. The Labute approximate surface area is 116 Å². The first-order valence-corrected chi connectivity index (χ1v) is 6.37. The van der Waals surface area contributed by atoms with Crippen molar-refractivity contribution in [2.24, 2.45) is 5.92 Å². The van der Waals surface area contributed by atoms with Crippen LogP contribution in [-0.2, 0) is 14.4 Å². The summed E-state index contributed by atoms with van der Waals surface area (Å²) >= 11 is 0. The van der Waals surface area contributed by atoms with Gasteiger partial charge in [0.1, 0.15) is 5.92 Å². The van der Waals surface area contributed by atoms with E-state index in [9.17, 15) is 14.4 Å². The van der Waals surface area contributed by atoms with Gasteiger partial charge in [-0.15, -0.1) is 0 Å². The predicted octanol–water partition coefficient (Wildman–Crippen LogP) is 0.629. The van der Waals surface area contributed by atoms with Crippen molar-refractivity contribution in [3.63, 3.8) is 0 Å². The van der Waals surface area contributed by atoms with Crippen LogP contribution in [0.4, 0.5) is 5.69 Å². The van der Waals surface area contributed by atoms with Crippen LogP contribution in [0.15, 0.2) is 30.3 Å². The Morgan fingerprint density at radius 1 is 1.35 bits per heavy atom. The molecule has 2 rings (SSSR count). The van der Waals surface area contributed by atoms with Crippen molar-refractivity contribution < 1.29 is 19.5 Å². The topological polar surface area (TPSA) is 86.7 Å². The highest BCUT2D eigenvalue weighted by molar-refractivity contribution is 5.99. The zero-order valence-corrected chi connectivity index (χ0v) is 11.1. The van der Waals surface area contributed by atoms with Crippen molar-refractivity contribution in [1.29, 1.82) is 0 Å². The number of amides is 2. The Morgan fingerprint density at radius 3 is 2.60 bits per heavy atom. The summed E-state index contributed by atoms with van der Waals surface area (Å²) in [7, 11) is 0. The molecular formula is C14H16N2O4. The first kappa shape index (κ1) is 14.0. The molecule has 1 aromatic carbocycles. The van der Waals surface area contributed by atoms with Gasteiger partial charge in [-0.25, -0.2) is 0 Å². The number of benzene rings is 1. The van der Waals surface area contributed by atoms with E-state index in [1.54, 1.807) is 4.90 Å². The van der Waals surface area contributed by atoms with E-state index in [0.29, 0.717) is 6.54 Å². The fourth-order valence-electron chi connectivity index (χ4n) is 2.10. The molecule has 0 saturated carbocycles. The first-order chi connectivity index (χ1) is 9.49. The van der Waals surface area contributed by atoms with Crippen LogP contribution in [0.25, 0.3) is 0 Å². The molecule has 0 radical (unpaired) electrons. The van der Waals surface area contributed by atoms with Gasteiger partial charge in [0.05, 0.1) is 6.04 Å². The number of hydrogen-bond acceptors (Lipinski definition) is 3. The molecule has 2 amide bonds. The minimum Gasteiger partial charge on any atom is -0.481 e. The molecule has 1 heterocycles. The van der Waals surface area contributed by atoms with Crippen molar-refractivity contribution >= 4 is 23.5 Å². The third kappa shape index (κ3) is 2.96. The summed E-state index contributed by atoms with van der Waals surface area (Å²) in [5, 5.41) is 11.4. The maximum absolute atomic E-state index is 11.9. The molecule has 106 valence electrons. The largest absolute Gasteiger partial charge is 0.481 e. The highest BCUT2D eigenvalue weighted by Crippen LogP contribution is 2.21. The molecule has 1 fully saturated rings. The van der Waals surface area contributed by atoms with Gasteiger partial charge in [0.15, 0.2) is 0 Å². The Hall–Kier alpha value is -2.37. The fourth-order valence-corrected chi connectivity index (χ4v) is 2.10. The molecule has 0 unspecified atom stereocenters. The second-order valence-corrected chi connectivity index (χ2v) is 4.81. The van der Waals surface area contributed by atoms with E-state index < -0.39 is 17.8 Å². The molecule has 20 heavy (non-hydrogen) atoms. The lowest BCUT2D eigenvalue weighted by Crippen LogP contribution is -2.41. The average Bonchev–Trinajstić information content (AvgIpc) is 2.79. The molecule has 6 nitrogen and oxygen atoms in total. The highest BCUT2D eigenvalue weighted by atomic mass is 16.4. The van der Waals surface area contributed by atoms with Crippen molar-refractivity contribution in [1.82, 2.24) is 5.32 Å². The van der Waals surface area contributed by atoms with E-state index in [2.05, 4.69) is 5.32 Å². The maximum Gasteiger partial charge on any atom is 0.315 e. The molecule has 2 N–H and O–H groups in total. The van der Waals surface area contributed by atoms with Gasteiger partial charge >= 0.3 is 5.97 Å². The number of para-hydroxylation sites is 1. The molecule has 6 heteroatoms. The molecule has 1 aliphatic heterocycles. The lowest BCUT2D eigenvalue weighted by Gasteiger charge is -2.17. The molecule has 0 aromatic heterocycles. The summed E-state index contributed by atoms with van der Waals surface area (Å²) in [6.07, 6.45) is 0.187. The summed E-state index contributed by atoms with van der Waals surface area (Å²) in [6.45, 7) is 1.68. The summed E-state index contributed by atoms with van der Waals surface area (Å²) in [5.41, 5.74) is 0.778. The molecule has 1 saturated heterocycles. The van der Waals surface area contributed by atoms with E-state index in [-0.39, 0.29) is 18.4 Å². The van der Waals surface area contributed by atoms with E-state index in [4.69, 9.17) is 5.11 Å². The SMILES string of the molecule is C[C@@H](C(=O)O)C(=O)N[C@H]1CC(=O)N(c2ccccc2)C1. The third-order valence-corrected chi connectivity index (χ3v) is 3.30. The van der Waals surface area contributed by atoms with E-state index in [0.717, 1.165) is 5.69 Å². The van der Waals surface area contributed by atoms with Crippen molar-refractivity contribution in [3.8, 4) is 0 Å². The van der Waals surface area contributed by atoms with E-state index in [1.807, 2.05) is 30.3 Å². The van der Waals surface area contributed by atoms with Gasteiger partial charge in [-0.2, -0.15) is 0 Å². The number of rotatable bonds is 4. The monoisotopic (exact) mass is 276 g/mol. The number of nitrogens with one attached hydrogen (secondary N) is 1. The Kier molecular flexibility index (Phi) is 4.02. The lowest BCUT2D eigenvalue weighted by molar-refractivity contribution is -0.146. The van der Waals surface area contributed by atoms with Crippen molar-refractivity contribution in [2.75, 3.05) is 11.4 Å². The van der Waals surface area contributed by atoms with Crippen LogP contribution in [0, 0.1) is 5.92 Å². The quantitative estimate of drug-likeness (QED) is 0.790. The Bertz CT molecular complexity index is 529. The predicted molar refractivity (Wildman–Crippen MR) is 72.1 cm³/mol. The average molecular weight is 276 g/mol. The van der Waals surface area contributed by atoms with Crippen LogP contribution in [0.1, 0.15) is 13.3 Å². The number of hydrogen-bond donors (Lipinski definition) is 2. The van der Waals surface area contributed by atoms with Crippen molar-refractivity contribution in [2.45, 2.75) is 19.4 Å². The van der Waals surface area contributed by atoms with Gasteiger partial charge in [0.2, 0.25) is 11.8 Å². The van der Waals surface area contributed by atoms with Crippen LogP contribution in [0.3, 0.4) is 0 Å². The second-order valence-electron chi connectivity index (χ2n) is 4.81. The van der Waals surface area contributed by atoms with Gasteiger partial charge < -0.3 is 15.3 Å². The molecular weight excluding hydrogens is 260 g/mol. The first-order valence-electron chi connectivity index (χ1n) is 6.37. The molecule has 2 atom stereocenters. The lowest BCUT2D eigenvalue weighted by atomic mass is 10.1. The molecule has 1 aromatic rings. The standard InChI is InChI=1S/C14H16N2O4/c1-9(14(19)20)13(18)15-10-7-12(17)16(8-10)11-5-3-2-4-6-11/h2-6,9-10H,7-8H2,1H3,(H,15,18)(H,19,20)/t9-,10+/m1/s1. The molecule has 0 aliphatic carbocycles. The summed E-state index contributed by atoms with van der Waals surface area (Å²) in [4.78, 5) is 35.9.